The summed E-state index contributed by atoms with van der Waals surface area (Å²) < 4.78 is 12.2. The molecule has 0 bridgehead atoms. The first-order valence-corrected chi connectivity index (χ1v) is 12.5. The van der Waals surface area contributed by atoms with Crippen molar-refractivity contribution in [2.45, 2.75) is 12.8 Å². The molecule has 0 amide bonds. The van der Waals surface area contributed by atoms with Gasteiger partial charge >= 0.3 is 0 Å². The molecule has 0 atom stereocenters. The van der Waals surface area contributed by atoms with Crippen LogP contribution >= 0.6 is 0 Å². The highest BCUT2D eigenvalue weighted by Gasteiger charge is 2.16. The van der Waals surface area contributed by atoms with Crippen LogP contribution < -0.4 is 9.47 Å². The summed E-state index contributed by atoms with van der Waals surface area (Å²) in [5.74, 6) is 1.99. The third kappa shape index (κ3) is 5.69. The number of benzene rings is 4. The van der Waals surface area contributed by atoms with E-state index in [-0.39, 0.29) is 0 Å². The number of nitrogens with zero attached hydrogens (tertiary/aromatic N) is 2. The smallest absolute Gasteiger partial charge is 0.127 e. The molecule has 0 aliphatic carbocycles. The molecule has 4 aromatic carbocycles. The maximum atomic E-state index is 6.11. The van der Waals surface area contributed by atoms with Crippen LogP contribution in [0, 0.1) is 0 Å². The molecule has 1 fully saturated rings. The molecule has 0 aromatic heterocycles. The molecule has 1 aliphatic heterocycles. The van der Waals surface area contributed by atoms with Crippen LogP contribution in [-0.2, 0) is 0 Å². The van der Waals surface area contributed by atoms with Crippen molar-refractivity contribution in [3.8, 4) is 11.5 Å². The van der Waals surface area contributed by atoms with Gasteiger partial charge in [0.05, 0.1) is 13.2 Å². The van der Waals surface area contributed by atoms with E-state index < -0.39 is 0 Å². The lowest BCUT2D eigenvalue weighted by Gasteiger charge is -2.34. The number of hydrogen-bond donors (Lipinski definition) is 0. The minimum absolute atomic E-state index is 0.764. The van der Waals surface area contributed by atoms with Crippen LogP contribution in [0.5, 0.6) is 11.5 Å². The van der Waals surface area contributed by atoms with Gasteiger partial charge in [0.25, 0.3) is 0 Å². The fourth-order valence-electron chi connectivity index (χ4n) is 4.82. The highest BCUT2D eigenvalue weighted by Crippen LogP contribution is 2.26. The van der Waals surface area contributed by atoms with Crippen LogP contribution in [0.1, 0.15) is 12.8 Å². The standard InChI is InChI=1S/C30H34N2O2/c1-3-13-27-25(9-1)11-5-15-29(27)33-23-7-17-31-19-21-32(22-20-31)18-8-24-34-30-16-6-12-26-10-2-4-14-28(26)30/h1-6,9-16H,7-8,17-24H2. The van der Waals surface area contributed by atoms with Gasteiger partial charge in [0.2, 0.25) is 0 Å². The largest absolute Gasteiger partial charge is 0.493 e. The summed E-state index contributed by atoms with van der Waals surface area (Å²) in [6.07, 6.45) is 2.12. The van der Waals surface area contributed by atoms with Gasteiger partial charge in [-0.25, -0.2) is 0 Å². The van der Waals surface area contributed by atoms with E-state index in [1.165, 1.54) is 21.5 Å². The molecule has 176 valence electrons. The molecule has 0 unspecified atom stereocenters. The Kier molecular flexibility index (Phi) is 7.59. The summed E-state index contributed by atoms with van der Waals surface area (Å²) in [5.41, 5.74) is 0. The second-order valence-corrected chi connectivity index (χ2v) is 9.04. The molecule has 1 heterocycles. The van der Waals surface area contributed by atoms with Crippen molar-refractivity contribution < 1.29 is 9.47 Å². The predicted octanol–water partition coefficient (Wildman–Crippen LogP) is 5.85. The molecule has 34 heavy (non-hydrogen) atoms. The van der Waals surface area contributed by atoms with Gasteiger partial charge in [0, 0.05) is 50.0 Å². The summed E-state index contributed by atoms with van der Waals surface area (Å²) in [6.45, 7) is 8.28. The second kappa shape index (κ2) is 11.4. The number of rotatable bonds is 10. The van der Waals surface area contributed by atoms with Crippen molar-refractivity contribution in [3.63, 3.8) is 0 Å². The monoisotopic (exact) mass is 454 g/mol. The van der Waals surface area contributed by atoms with Crippen LogP contribution in [0.25, 0.3) is 21.5 Å². The van der Waals surface area contributed by atoms with E-state index in [1.807, 2.05) is 0 Å². The molecule has 0 N–H and O–H groups in total. The fraction of sp³-hybridized carbons (Fsp3) is 0.333. The average Bonchev–Trinajstić information content (AvgIpc) is 2.90. The fourth-order valence-corrected chi connectivity index (χ4v) is 4.82. The van der Waals surface area contributed by atoms with Gasteiger partial charge in [0.1, 0.15) is 11.5 Å². The van der Waals surface area contributed by atoms with Crippen molar-refractivity contribution in [3.05, 3.63) is 84.9 Å². The second-order valence-electron chi connectivity index (χ2n) is 9.04. The Bertz CT molecular complexity index is 1090. The molecule has 5 rings (SSSR count). The number of hydrogen-bond acceptors (Lipinski definition) is 4. The first-order chi connectivity index (χ1) is 16.9. The molecule has 4 nitrogen and oxygen atoms in total. The Morgan fingerprint density at radius 3 is 1.38 bits per heavy atom. The van der Waals surface area contributed by atoms with Gasteiger partial charge in [-0.3, -0.25) is 0 Å². The minimum Gasteiger partial charge on any atom is -0.493 e. The lowest BCUT2D eigenvalue weighted by molar-refractivity contribution is 0.121. The molecule has 0 saturated carbocycles. The zero-order chi connectivity index (χ0) is 23.0. The maximum Gasteiger partial charge on any atom is 0.127 e. The van der Waals surface area contributed by atoms with Crippen molar-refractivity contribution in [1.82, 2.24) is 9.80 Å². The molecule has 0 radical (unpaired) electrons. The minimum atomic E-state index is 0.764. The Labute approximate surface area is 202 Å². The van der Waals surface area contributed by atoms with E-state index in [0.29, 0.717) is 0 Å². The summed E-state index contributed by atoms with van der Waals surface area (Å²) in [7, 11) is 0. The van der Waals surface area contributed by atoms with E-state index in [4.69, 9.17) is 9.47 Å². The van der Waals surface area contributed by atoms with Crippen molar-refractivity contribution in [2.24, 2.45) is 0 Å². The van der Waals surface area contributed by atoms with Crippen LogP contribution in [0.15, 0.2) is 84.9 Å². The molecule has 4 aromatic rings. The van der Waals surface area contributed by atoms with Crippen LogP contribution in [0.2, 0.25) is 0 Å². The SMILES string of the molecule is c1ccc2c(OCCCN3CCN(CCCOc4cccc5ccccc45)CC3)cccc2c1. The van der Waals surface area contributed by atoms with Crippen molar-refractivity contribution >= 4 is 21.5 Å². The Morgan fingerprint density at radius 1 is 0.500 bits per heavy atom. The third-order valence-electron chi connectivity index (χ3n) is 6.72. The summed E-state index contributed by atoms with van der Waals surface area (Å²) in [6, 6.07) is 29.4. The van der Waals surface area contributed by atoms with Crippen molar-refractivity contribution in [1.29, 1.82) is 0 Å². The van der Waals surface area contributed by atoms with Crippen molar-refractivity contribution in [2.75, 3.05) is 52.5 Å². The quantitative estimate of drug-likeness (QED) is 0.281. The Hall–Kier alpha value is -3.08. The third-order valence-corrected chi connectivity index (χ3v) is 6.72. The van der Waals surface area contributed by atoms with Crippen LogP contribution in [0.3, 0.4) is 0 Å². The molecule has 4 heteroatoms. The highest BCUT2D eigenvalue weighted by molar-refractivity contribution is 5.88. The maximum absolute atomic E-state index is 6.11. The topological polar surface area (TPSA) is 24.9 Å². The van der Waals surface area contributed by atoms with Crippen LogP contribution in [0.4, 0.5) is 0 Å². The zero-order valence-electron chi connectivity index (χ0n) is 19.9. The van der Waals surface area contributed by atoms with E-state index in [0.717, 1.165) is 76.8 Å². The number of piperazine rings is 1. The molecule has 0 spiro atoms. The van der Waals surface area contributed by atoms with Gasteiger partial charge in [-0.2, -0.15) is 0 Å². The normalized spacial score (nSPS) is 15.1. The van der Waals surface area contributed by atoms with Gasteiger partial charge in [-0.15, -0.1) is 0 Å². The first-order valence-electron chi connectivity index (χ1n) is 12.5. The van der Waals surface area contributed by atoms with E-state index in [9.17, 15) is 0 Å². The summed E-state index contributed by atoms with van der Waals surface area (Å²) in [5, 5.41) is 4.86. The molecular formula is C30H34N2O2. The Balaban J connectivity index is 0.976. The summed E-state index contributed by atoms with van der Waals surface area (Å²) in [4.78, 5) is 5.13. The Morgan fingerprint density at radius 2 is 0.912 bits per heavy atom. The van der Waals surface area contributed by atoms with Gasteiger partial charge in [-0.05, 0) is 35.7 Å². The van der Waals surface area contributed by atoms with E-state index in [1.54, 1.807) is 0 Å². The predicted molar refractivity (Wildman–Crippen MR) is 141 cm³/mol. The lowest BCUT2D eigenvalue weighted by atomic mass is 10.1. The van der Waals surface area contributed by atoms with Gasteiger partial charge < -0.3 is 19.3 Å². The van der Waals surface area contributed by atoms with Gasteiger partial charge in [-0.1, -0.05) is 72.8 Å². The lowest BCUT2D eigenvalue weighted by Crippen LogP contribution is -2.47. The summed E-state index contributed by atoms with van der Waals surface area (Å²) >= 11 is 0. The number of fused-ring (bicyclic) bond motifs is 2. The number of ether oxygens (including phenoxy) is 2. The van der Waals surface area contributed by atoms with Gasteiger partial charge in [0.15, 0.2) is 0 Å². The van der Waals surface area contributed by atoms with E-state index >= 15 is 0 Å². The average molecular weight is 455 g/mol. The van der Waals surface area contributed by atoms with E-state index in [2.05, 4.69) is 94.7 Å². The van der Waals surface area contributed by atoms with Crippen LogP contribution in [-0.4, -0.2) is 62.3 Å². The first kappa shape index (κ1) is 22.7. The zero-order valence-corrected chi connectivity index (χ0v) is 19.9. The highest BCUT2D eigenvalue weighted by atomic mass is 16.5. The molecular weight excluding hydrogens is 420 g/mol. The molecule has 1 aliphatic rings. The molecule has 1 saturated heterocycles.